The Balaban J connectivity index is 1.46. The minimum atomic E-state index is -0.210. The van der Waals surface area contributed by atoms with Crippen LogP contribution in [0.5, 0.6) is 5.75 Å². The van der Waals surface area contributed by atoms with Gasteiger partial charge in [0.25, 0.3) is 0 Å². The van der Waals surface area contributed by atoms with Gasteiger partial charge in [0.15, 0.2) is 0 Å². The number of carbonyl (C=O) groups excluding carboxylic acids is 1. The van der Waals surface area contributed by atoms with Gasteiger partial charge in [0.05, 0.1) is 32.1 Å². The van der Waals surface area contributed by atoms with Crippen molar-refractivity contribution in [2.75, 3.05) is 45.3 Å². The van der Waals surface area contributed by atoms with Gasteiger partial charge >= 0.3 is 6.03 Å². The first-order chi connectivity index (χ1) is 14.7. The molecule has 3 aromatic rings. The average Bonchev–Trinajstić information content (AvgIpc) is 2.80. The van der Waals surface area contributed by atoms with Crippen molar-refractivity contribution in [3.05, 3.63) is 72.3 Å². The number of methoxy groups -OCH3 is 1. The molecule has 2 amide bonds. The van der Waals surface area contributed by atoms with E-state index in [0.717, 1.165) is 40.9 Å². The van der Waals surface area contributed by atoms with E-state index in [1.165, 1.54) is 0 Å². The molecule has 0 bridgehead atoms. The molecule has 6 nitrogen and oxygen atoms in total. The van der Waals surface area contributed by atoms with Crippen LogP contribution in [0.2, 0.25) is 0 Å². The lowest BCUT2D eigenvalue weighted by molar-refractivity contribution is 0.0167. The van der Waals surface area contributed by atoms with E-state index in [9.17, 15) is 4.79 Å². The van der Waals surface area contributed by atoms with Gasteiger partial charge in [-0.3, -0.25) is 4.90 Å². The first-order valence-electron chi connectivity index (χ1n) is 10.2. The van der Waals surface area contributed by atoms with Gasteiger partial charge in [0.2, 0.25) is 0 Å². The summed E-state index contributed by atoms with van der Waals surface area (Å²) in [6.07, 6.45) is 0. The summed E-state index contributed by atoms with van der Waals surface area (Å²) in [4.78, 5) is 15.0. The highest BCUT2D eigenvalue weighted by Crippen LogP contribution is 2.25. The monoisotopic (exact) mass is 405 g/mol. The Morgan fingerprint density at radius 3 is 2.53 bits per heavy atom. The maximum atomic E-state index is 12.7. The van der Waals surface area contributed by atoms with Gasteiger partial charge < -0.3 is 20.1 Å². The van der Waals surface area contributed by atoms with Crippen LogP contribution in [0, 0.1) is 0 Å². The molecule has 6 heteroatoms. The third-order valence-electron chi connectivity index (χ3n) is 5.48. The number of hydrogen-bond acceptors (Lipinski definition) is 4. The fraction of sp³-hybridized carbons (Fsp3) is 0.292. The summed E-state index contributed by atoms with van der Waals surface area (Å²) in [6, 6.07) is 21.8. The summed E-state index contributed by atoms with van der Waals surface area (Å²) in [7, 11) is 1.66. The Bertz CT molecular complexity index is 979. The fourth-order valence-corrected chi connectivity index (χ4v) is 3.86. The van der Waals surface area contributed by atoms with E-state index in [4.69, 9.17) is 9.47 Å². The van der Waals surface area contributed by atoms with Gasteiger partial charge in [-0.15, -0.1) is 0 Å². The second kappa shape index (κ2) is 9.61. The molecule has 1 fully saturated rings. The molecule has 1 aliphatic heterocycles. The predicted molar refractivity (Wildman–Crippen MR) is 119 cm³/mol. The van der Waals surface area contributed by atoms with Crippen molar-refractivity contribution < 1.29 is 14.3 Å². The van der Waals surface area contributed by atoms with Crippen LogP contribution in [0.3, 0.4) is 0 Å². The van der Waals surface area contributed by atoms with Gasteiger partial charge in [0.1, 0.15) is 5.75 Å². The summed E-state index contributed by atoms with van der Waals surface area (Å²) in [5, 5.41) is 8.18. The molecule has 0 aromatic heterocycles. The highest BCUT2D eigenvalue weighted by molar-refractivity contribution is 6.01. The topological polar surface area (TPSA) is 62.8 Å². The number of urea groups is 1. The molecular weight excluding hydrogens is 378 g/mol. The van der Waals surface area contributed by atoms with Crippen LogP contribution in [0.1, 0.15) is 11.6 Å². The summed E-state index contributed by atoms with van der Waals surface area (Å²) in [5.74, 6) is 0.820. The number of ether oxygens (including phenoxy) is 2. The van der Waals surface area contributed by atoms with E-state index >= 15 is 0 Å². The molecule has 0 unspecified atom stereocenters. The SMILES string of the molecule is COc1ccc([C@H](CNC(=O)Nc2cccc3ccccc23)N2CCOCC2)cc1. The zero-order chi connectivity index (χ0) is 20.8. The number of fused-ring (bicyclic) bond motifs is 1. The molecule has 1 atom stereocenters. The standard InChI is InChI=1S/C24H27N3O3/c1-29-20-11-9-19(10-12-20)23(27-13-15-30-16-14-27)17-25-24(28)26-22-8-4-6-18-5-2-3-7-21(18)22/h2-12,23H,13-17H2,1H3,(H2,25,26,28)/t23-/m0/s1. The number of anilines is 1. The molecule has 0 spiro atoms. The lowest BCUT2D eigenvalue weighted by Gasteiger charge is -2.35. The quantitative estimate of drug-likeness (QED) is 0.650. The molecule has 30 heavy (non-hydrogen) atoms. The molecule has 1 heterocycles. The number of amides is 2. The largest absolute Gasteiger partial charge is 0.497 e. The van der Waals surface area contributed by atoms with E-state index in [-0.39, 0.29) is 12.1 Å². The highest BCUT2D eigenvalue weighted by atomic mass is 16.5. The number of rotatable bonds is 6. The van der Waals surface area contributed by atoms with Crippen LogP contribution in [-0.4, -0.2) is 50.9 Å². The van der Waals surface area contributed by atoms with E-state index in [1.807, 2.05) is 54.6 Å². The number of carbonyl (C=O) groups is 1. The van der Waals surface area contributed by atoms with E-state index in [1.54, 1.807) is 7.11 Å². The number of benzene rings is 3. The van der Waals surface area contributed by atoms with Crippen molar-refractivity contribution in [2.24, 2.45) is 0 Å². The number of nitrogens with zero attached hydrogens (tertiary/aromatic N) is 1. The normalized spacial score (nSPS) is 15.5. The van der Waals surface area contributed by atoms with Crippen LogP contribution in [0.4, 0.5) is 10.5 Å². The second-order valence-electron chi connectivity index (χ2n) is 7.30. The molecule has 3 aromatic carbocycles. The van der Waals surface area contributed by atoms with Crippen LogP contribution in [0.15, 0.2) is 66.7 Å². The molecule has 0 aliphatic carbocycles. The second-order valence-corrected chi connectivity index (χ2v) is 7.30. The number of hydrogen-bond donors (Lipinski definition) is 2. The molecule has 4 rings (SSSR count). The summed E-state index contributed by atoms with van der Waals surface area (Å²) in [6.45, 7) is 3.58. The van der Waals surface area contributed by atoms with Crippen molar-refractivity contribution in [1.82, 2.24) is 10.2 Å². The molecule has 156 valence electrons. The van der Waals surface area contributed by atoms with Crippen LogP contribution >= 0.6 is 0 Å². The number of morpholine rings is 1. The third-order valence-corrected chi connectivity index (χ3v) is 5.48. The minimum absolute atomic E-state index is 0.0677. The van der Waals surface area contributed by atoms with Crippen molar-refractivity contribution in [3.8, 4) is 5.75 Å². The Morgan fingerprint density at radius 2 is 1.77 bits per heavy atom. The molecule has 1 saturated heterocycles. The molecule has 0 radical (unpaired) electrons. The van der Waals surface area contributed by atoms with E-state index in [0.29, 0.717) is 19.8 Å². The molecule has 2 N–H and O–H groups in total. The van der Waals surface area contributed by atoms with Gasteiger partial charge in [-0.1, -0.05) is 48.5 Å². The van der Waals surface area contributed by atoms with Crippen molar-refractivity contribution in [3.63, 3.8) is 0 Å². The van der Waals surface area contributed by atoms with Crippen molar-refractivity contribution in [1.29, 1.82) is 0 Å². The molecule has 1 aliphatic rings. The smallest absolute Gasteiger partial charge is 0.319 e. The van der Waals surface area contributed by atoms with Gasteiger partial charge in [-0.05, 0) is 29.1 Å². The fourth-order valence-electron chi connectivity index (χ4n) is 3.86. The zero-order valence-corrected chi connectivity index (χ0v) is 17.1. The zero-order valence-electron chi connectivity index (χ0n) is 17.1. The van der Waals surface area contributed by atoms with Gasteiger partial charge in [0, 0.05) is 25.0 Å². The van der Waals surface area contributed by atoms with Crippen LogP contribution in [0.25, 0.3) is 10.8 Å². The first-order valence-corrected chi connectivity index (χ1v) is 10.2. The minimum Gasteiger partial charge on any atom is -0.497 e. The molecular formula is C24H27N3O3. The summed E-state index contributed by atoms with van der Waals surface area (Å²) >= 11 is 0. The highest BCUT2D eigenvalue weighted by Gasteiger charge is 2.23. The Labute approximate surface area is 176 Å². The Kier molecular flexibility index (Phi) is 6.47. The van der Waals surface area contributed by atoms with E-state index in [2.05, 4.69) is 27.7 Å². The Hall–Kier alpha value is -3.09. The first kappa shape index (κ1) is 20.2. The molecule has 0 saturated carbocycles. The van der Waals surface area contributed by atoms with Gasteiger partial charge in [-0.25, -0.2) is 4.79 Å². The lowest BCUT2D eigenvalue weighted by Crippen LogP contribution is -2.44. The third kappa shape index (κ3) is 4.72. The Morgan fingerprint density at radius 1 is 1.03 bits per heavy atom. The average molecular weight is 405 g/mol. The van der Waals surface area contributed by atoms with Crippen LogP contribution in [-0.2, 0) is 4.74 Å². The van der Waals surface area contributed by atoms with Gasteiger partial charge in [-0.2, -0.15) is 0 Å². The van der Waals surface area contributed by atoms with Crippen molar-refractivity contribution >= 4 is 22.5 Å². The predicted octanol–water partition coefficient (Wildman–Crippen LogP) is 4.04. The van der Waals surface area contributed by atoms with Crippen LogP contribution < -0.4 is 15.4 Å². The number of nitrogens with one attached hydrogen (secondary N) is 2. The summed E-state index contributed by atoms with van der Waals surface area (Å²) in [5.41, 5.74) is 1.95. The maximum absolute atomic E-state index is 12.7. The van der Waals surface area contributed by atoms with Crippen molar-refractivity contribution in [2.45, 2.75) is 6.04 Å². The maximum Gasteiger partial charge on any atom is 0.319 e. The summed E-state index contributed by atoms with van der Waals surface area (Å²) < 4.78 is 10.8. The lowest BCUT2D eigenvalue weighted by atomic mass is 10.0. The van der Waals surface area contributed by atoms with E-state index < -0.39 is 0 Å².